The van der Waals surface area contributed by atoms with Gasteiger partial charge in [-0.15, -0.1) is 11.6 Å². The summed E-state index contributed by atoms with van der Waals surface area (Å²) in [5.74, 6) is 0.205. The van der Waals surface area contributed by atoms with Crippen LogP contribution >= 0.6 is 11.6 Å². The lowest BCUT2D eigenvalue weighted by atomic mass is 10.2. The molecule has 2 N–H and O–H groups in total. The molecular weight excluding hydrogens is 190 g/mol. The van der Waals surface area contributed by atoms with E-state index in [1.165, 1.54) is 0 Å². The zero-order chi connectivity index (χ0) is 10.3. The predicted molar refractivity (Wildman–Crippen MR) is 53.8 cm³/mol. The van der Waals surface area contributed by atoms with Crippen molar-refractivity contribution >= 4 is 17.5 Å². The van der Waals surface area contributed by atoms with Crippen molar-refractivity contribution in [2.24, 2.45) is 5.92 Å². The second-order valence-corrected chi connectivity index (χ2v) is 3.65. The molecule has 0 spiro atoms. The predicted octanol–water partition coefficient (Wildman–Crippen LogP) is 1.14. The van der Waals surface area contributed by atoms with Crippen molar-refractivity contribution in [2.45, 2.75) is 32.8 Å². The van der Waals surface area contributed by atoms with Crippen molar-refractivity contribution in [3.8, 4) is 0 Å². The minimum atomic E-state index is -0.289. The highest BCUT2D eigenvalue weighted by molar-refractivity contribution is 6.19. The van der Waals surface area contributed by atoms with Crippen molar-refractivity contribution in [3.05, 3.63) is 0 Å². The molecule has 0 saturated heterocycles. The van der Waals surface area contributed by atoms with Crippen molar-refractivity contribution in [3.63, 3.8) is 0 Å². The first-order chi connectivity index (χ1) is 6.07. The largest absolute Gasteiger partial charge is 0.393 e. The van der Waals surface area contributed by atoms with Crippen LogP contribution in [0.1, 0.15) is 26.7 Å². The molecule has 4 heteroatoms. The lowest BCUT2D eigenvalue weighted by Gasteiger charge is -2.09. The molecule has 0 heterocycles. The molecule has 0 aromatic heterocycles. The van der Waals surface area contributed by atoms with Gasteiger partial charge in [-0.05, 0) is 19.8 Å². The average Bonchev–Trinajstić information content (AvgIpc) is 2.10. The smallest absolute Gasteiger partial charge is 0.224 e. The number of rotatable bonds is 6. The summed E-state index contributed by atoms with van der Waals surface area (Å²) in [4.78, 5) is 11.2. The standard InChI is InChI=1S/C9H18ClNO2/c1-7(6-10)9(13)11-5-3-4-8(2)12/h7-8,12H,3-6H2,1-2H3,(H,11,13). The van der Waals surface area contributed by atoms with Gasteiger partial charge in [0.25, 0.3) is 0 Å². The Balaban J connectivity index is 3.37. The minimum Gasteiger partial charge on any atom is -0.393 e. The monoisotopic (exact) mass is 207 g/mol. The van der Waals surface area contributed by atoms with E-state index in [1.807, 2.05) is 0 Å². The van der Waals surface area contributed by atoms with E-state index in [-0.39, 0.29) is 17.9 Å². The quantitative estimate of drug-likeness (QED) is 0.507. The lowest BCUT2D eigenvalue weighted by molar-refractivity contribution is -0.123. The molecule has 0 aliphatic rings. The van der Waals surface area contributed by atoms with Gasteiger partial charge in [0.05, 0.1) is 6.10 Å². The molecule has 0 aromatic rings. The molecule has 2 atom stereocenters. The molecule has 1 amide bonds. The topological polar surface area (TPSA) is 49.3 Å². The third-order valence-corrected chi connectivity index (χ3v) is 2.24. The van der Waals surface area contributed by atoms with Gasteiger partial charge in [-0.25, -0.2) is 0 Å². The number of alkyl halides is 1. The number of carbonyl (C=O) groups excluding carboxylic acids is 1. The third-order valence-electron chi connectivity index (χ3n) is 1.78. The van der Waals surface area contributed by atoms with Gasteiger partial charge in [-0.2, -0.15) is 0 Å². The highest BCUT2D eigenvalue weighted by Gasteiger charge is 2.09. The minimum absolute atomic E-state index is 0.0133. The Morgan fingerprint density at radius 2 is 2.15 bits per heavy atom. The Labute approximate surface area is 84.5 Å². The van der Waals surface area contributed by atoms with Crippen LogP contribution in [0.2, 0.25) is 0 Å². The van der Waals surface area contributed by atoms with E-state index < -0.39 is 0 Å². The molecule has 0 fully saturated rings. The highest BCUT2D eigenvalue weighted by atomic mass is 35.5. The summed E-state index contributed by atoms with van der Waals surface area (Å²) < 4.78 is 0. The summed E-state index contributed by atoms with van der Waals surface area (Å²) >= 11 is 5.51. The van der Waals surface area contributed by atoms with Crippen LogP contribution in [0.3, 0.4) is 0 Å². The van der Waals surface area contributed by atoms with Crippen LogP contribution in [-0.4, -0.2) is 29.5 Å². The molecule has 0 bridgehead atoms. The number of nitrogens with one attached hydrogen (secondary N) is 1. The van der Waals surface area contributed by atoms with Crippen molar-refractivity contribution in [2.75, 3.05) is 12.4 Å². The number of hydrogen-bond donors (Lipinski definition) is 2. The van der Waals surface area contributed by atoms with Gasteiger partial charge in [0, 0.05) is 18.3 Å². The maximum atomic E-state index is 11.2. The molecule has 3 nitrogen and oxygen atoms in total. The van der Waals surface area contributed by atoms with Crippen LogP contribution in [0.4, 0.5) is 0 Å². The second-order valence-electron chi connectivity index (χ2n) is 3.34. The van der Waals surface area contributed by atoms with Gasteiger partial charge in [0.15, 0.2) is 0 Å². The zero-order valence-electron chi connectivity index (χ0n) is 8.22. The van der Waals surface area contributed by atoms with Crippen LogP contribution in [0, 0.1) is 5.92 Å². The van der Waals surface area contributed by atoms with Crippen LogP contribution in [0.25, 0.3) is 0 Å². The van der Waals surface area contributed by atoms with Gasteiger partial charge in [0.2, 0.25) is 5.91 Å². The van der Waals surface area contributed by atoms with Crippen LogP contribution in [0.5, 0.6) is 0 Å². The molecule has 0 saturated carbocycles. The first-order valence-corrected chi connectivity index (χ1v) is 5.13. The highest BCUT2D eigenvalue weighted by Crippen LogP contribution is 1.98. The first kappa shape index (κ1) is 12.7. The van der Waals surface area contributed by atoms with Gasteiger partial charge < -0.3 is 10.4 Å². The molecule has 0 radical (unpaired) electrons. The summed E-state index contributed by atoms with van der Waals surface area (Å²) in [7, 11) is 0. The molecular formula is C9H18ClNO2. The van der Waals surface area contributed by atoms with Crippen molar-refractivity contribution in [1.29, 1.82) is 0 Å². The van der Waals surface area contributed by atoms with Crippen LogP contribution in [0.15, 0.2) is 0 Å². The number of aliphatic hydroxyl groups excluding tert-OH is 1. The van der Waals surface area contributed by atoms with E-state index >= 15 is 0 Å². The summed E-state index contributed by atoms with van der Waals surface area (Å²) in [5, 5.41) is 11.7. The number of halogens is 1. The fourth-order valence-corrected chi connectivity index (χ4v) is 0.994. The van der Waals surface area contributed by atoms with Gasteiger partial charge in [-0.1, -0.05) is 6.92 Å². The summed E-state index contributed by atoms with van der Waals surface area (Å²) in [6, 6.07) is 0. The van der Waals surface area contributed by atoms with Crippen molar-refractivity contribution in [1.82, 2.24) is 5.32 Å². The van der Waals surface area contributed by atoms with E-state index in [0.29, 0.717) is 12.4 Å². The Hall–Kier alpha value is -0.280. The van der Waals surface area contributed by atoms with E-state index in [0.717, 1.165) is 12.8 Å². The maximum Gasteiger partial charge on any atom is 0.224 e. The SMILES string of the molecule is CC(O)CCCNC(=O)C(C)CCl. The first-order valence-electron chi connectivity index (χ1n) is 4.59. The Bertz CT molecular complexity index is 151. The molecule has 2 unspecified atom stereocenters. The van der Waals surface area contributed by atoms with Crippen LogP contribution in [-0.2, 0) is 4.79 Å². The van der Waals surface area contributed by atoms with Gasteiger partial charge >= 0.3 is 0 Å². The Kier molecular flexibility index (Phi) is 7.00. The Morgan fingerprint density at radius 3 is 2.62 bits per heavy atom. The zero-order valence-corrected chi connectivity index (χ0v) is 8.97. The molecule has 0 rings (SSSR count). The molecule has 0 aromatic carbocycles. The fourth-order valence-electron chi connectivity index (χ4n) is 0.853. The van der Waals surface area contributed by atoms with E-state index in [1.54, 1.807) is 13.8 Å². The number of carbonyl (C=O) groups is 1. The third kappa shape index (κ3) is 6.84. The Morgan fingerprint density at radius 1 is 1.54 bits per heavy atom. The summed E-state index contributed by atoms with van der Waals surface area (Å²) in [5.41, 5.74) is 0. The average molecular weight is 208 g/mol. The molecule has 0 aliphatic heterocycles. The number of amides is 1. The van der Waals surface area contributed by atoms with E-state index in [9.17, 15) is 4.79 Å². The number of hydrogen-bond acceptors (Lipinski definition) is 2. The van der Waals surface area contributed by atoms with E-state index in [4.69, 9.17) is 16.7 Å². The summed E-state index contributed by atoms with van der Waals surface area (Å²) in [6.45, 7) is 4.14. The molecule has 0 aliphatic carbocycles. The lowest BCUT2D eigenvalue weighted by Crippen LogP contribution is -2.31. The maximum absolute atomic E-state index is 11.2. The van der Waals surface area contributed by atoms with Gasteiger partial charge in [-0.3, -0.25) is 4.79 Å². The van der Waals surface area contributed by atoms with Crippen LogP contribution < -0.4 is 5.32 Å². The fraction of sp³-hybridized carbons (Fsp3) is 0.889. The normalized spacial score (nSPS) is 15.1. The van der Waals surface area contributed by atoms with E-state index in [2.05, 4.69) is 5.32 Å². The molecule has 13 heavy (non-hydrogen) atoms. The molecule has 78 valence electrons. The summed E-state index contributed by atoms with van der Waals surface area (Å²) in [6.07, 6.45) is 1.23. The number of aliphatic hydroxyl groups is 1. The second kappa shape index (κ2) is 7.15. The van der Waals surface area contributed by atoms with Crippen molar-refractivity contribution < 1.29 is 9.90 Å². The van der Waals surface area contributed by atoms with Gasteiger partial charge in [0.1, 0.15) is 0 Å².